The number of hydrogen-bond acceptors (Lipinski definition) is 15. The van der Waals surface area contributed by atoms with Gasteiger partial charge >= 0.3 is 11.9 Å². The normalized spacial score (nSPS) is 33.5. The van der Waals surface area contributed by atoms with Crippen molar-refractivity contribution < 1.29 is 72.6 Å². The lowest BCUT2D eigenvalue weighted by atomic mass is 9.86. The summed E-state index contributed by atoms with van der Waals surface area (Å²) >= 11 is 0. The van der Waals surface area contributed by atoms with Crippen molar-refractivity contribution in [2.75, 3.05) is 33.5 Å². The van der Waals surface area contributed by atoms with E-state index in [9.17, 15) is 30.0 Å². The molecule has 62 heavy (non-hydrogen) atoms. The smallest absolute Gasteiger partial charge is 0.338 e. The van der Waals surface area contributed by atoms with Gasteiger partial charge in [-0.2, -0.15) is 0 Å². The van der Waals surface area contributed by atoms with Crippen molar-refractivity contribution in [1.29, 1.82) is 0 Å². The maximum absolute atomic E-state index is 13.8. The zero-order valence-corrected chi connectivity index (χ0v) is 41.3. The summed E-state index contributed by atoms with van der Waals surface area (Å²) in [5, 5.41) is 45.5. The van der Waals surface area contributed by atoms with Gasteiger partial charge in [-0.3, -0.25) is 0 Å². The van der Waals surface area contributed by atoms with Crippen molar-refractivity contribution >= 4 is 11.9 Å². The zero-order valence-electron chi connectivity index (χ0n) is 41.3. The molecule has 0 amide bonds. The van der Waals surface area contributed by atoms with Gasteiger partial charge in [0.05, 0.1) is 41.7 Å². The van der Waals surface area contributed by atoms with Gasteiger partial charge in [-0.15, -0.1) is 0 Å². The summed E-state index contributed by atoms with van der Waals surface area (Å²) in [4.78, 5) is 27.3. The molecule has 4 fully saturated rings. The van der Waals surface area contributed by atoms with E-state index >= 15 is 0 Å². The van der Waals surface area contributed by atoms with Crippen LogP contribution >= 0.6 is 0 Å². The molecule has 0 spiro atoms. The SMILES string of the molecule is CC.CC.COC(C)(C)C1OC(C(=O)OCC2C(C=C(C)C)C2(C)C)[C@@H](OC(C)(C)CCOC(C)(C)C2OC(C(=O)OCC3CCCO3)[C@@H](OC(C)(C)C)C(O)C2O)C(O)C1O. The van der Waals surface area contributed by atoms with Gasteiger partial charge in [-0.05, 0) is 107 Å². The van der Waals surface area contributed by atoms with Crippen LogP contribution < -0.4 is 0 Å². The van der Waals surface area contributed by atoms with E-state index in [1.54, 1.807) is 62.3 Å². The van der Waals surface area contributed by atoms with Gasteiger partial charge in [-0.1, -0.05) is 53.2 Å². The summed E-state index contributed by atoms with van der Waals surface area (Å²) in [6.45, 7) is 32.6. The Labute approximate surface area is 372 Å². The average molecular weight is 891 g/mol. The van der Waals surface area contributed by atoms with Crippen molar-refractivity contribution in [1.82, 2.24) is 0 Å². The molecule has 11 unspecified atom stereocenters. The molecule has 0 aromatic heterocycles. The third kappa shape index (κ3) is 14.6. The molecule has 0 radical (unpaired) electrons. The molecule has 3 aliphatic heterocycles. The van der Waals surface area contributed by atoms with Crippen LogP contribution in [0.3, 0.4) is 0 Å². The quantitative estimate of drug-likeness (QED) is 0.106. The Hall–Kier alpha value is -1.76. The fourth-order valence-corrected chi connectivity index (χ4v) is 8.21. The van der Waals surface area contributed by atoms with Gasteiger partial charge in [0.25, 0.3) is 0 Å². The Morgan fingerprint density at radius 2 is 1.21 bits per heavy atom. The summed E-state index contributed by atoms with van der Waals surface area (Å²) in [6, 6.07) is 0. The molecule has 3 heterocycles. The standard InChI is InChI=1S/C43H74O15.2C2H6/c1-23(2)20-25-26(41(25,8)9)22-53-38(49)34-32(28(45)29(46)35(55-34)42(10,11)50-14)58-40(6,7)17-19-54-43(12,13)36-30(47)27(44)31(57-39(3,4)5)33(56-36)37(48)52-21-24-16-15-18-51-24;2*1-2/h20,24-36,44-47H,15-19,21-22H2,1-14H3;2*1-2H3/t24?,25?,26?,27?,28?,29?,30?,31-,32-,33?,34?,35?,36?;;/m0../s1. The summed E-state index contributed by atoms with van der Waals surface area (Å²) in [5.74, 6) is -1.12. The van der Waals surface area contributed by atoms with E-state index in [4.69, 9.17) is 42.6 Å². The minimum absolute atomic E-state index is 0.0158. The second kappa shape index (κ2) is 23.1. The first-order chi connectivity index (χ1) is 28.6. The molecule has 13 atom stereocenters. The monoisotopic (exact) mass is 891 g/mol. The van der Waals surface area contributed by atoms with Gasteiger partial charge < -0.3 is 63.1 Å². The minimum Gasteiger partial charge on any atom is -0.463 e. The predicted molar refractivity (Wildman–Crippen MR) is 234 cm³/mol. The molecule has 0 aromatic carbocycles. The fourth-order valence-electron chi connectivity index (χ4n) is 8.21. The van der Waals surface area contributed by atoms with Crippen molar-refractivity contribution in [2.45, 2.75) is 227 Å². The number of aliphatic hydroxyl groups is 4. The van der Waals surface area contributed by atoms with Crippen LogP contribution in [0.2, 0.25) is 0 Å². The topological polar surface area (TPSA) is 198 Å². The number of aliphatic hydroxyl groups excluding tert-OH is 4. The largest absolute Gasteiger partial charge is 0.463 e. The number of methoxy groups -OCH3 is 1. The van der Waals surface area contributed by atoms with E-state index in [-0.39, 0.29) is 49.6 Å². The Balaban J connectivity index is 0.00000321. The van der Waals surface area contributed by atoms with E-state index in [0.29, 0.717) is 6.61 Å². The first kappa shape index (κ1) is 56.4. The second-order valence-electron chi connectivity index (χ2n) is 20.1. The van der Waals surface area contributed by atoms with E-state index in [2.05, 4.69) is 19.9 Å². The van der Waals surface area contributed by atoms with E-state index in [1.807, 2.05) is 41.5 Å². The molecule has 4 N–H and O–H groups in total. The van der Waals surface area contributed by atoms with Gasteiger partial charge in [0, 0.05) is 19.6 Å². The molecular formula is C47H86O15. The summed E-state index contributed by atoms with van der Waals surface area (Å²) in [7, 11) is 1.45. The first-order valence-electron chi connectivity index (χ1n) is 22.8. The van der Waals surface area contributed by atoms with Crippen molar-refractivity contribution in [3.8, 4) is 0 Å². The number of carbonyl (C=O) groups excluding carboxylic acids is 2. The van der Waals surface area contributed by atoms with Crippen molar-refractivity contribution in [3.63, 3.8) is 0 Å². The number of carbonyl (C=O) groups is 2. The number of esters is 2. The number of allylic oxidation sites excluding steroid dienone is 2. The predicted octanol–water partition coefficient (Wildman–Crippen LogP) is 5.48. The highest BCUT2D eigenvalue weighted by molar-refractivity contribution is 5.76. The van der Waals surface area contributed by atoms with Crippen LogP contribution in [0.25, 0.3) is 0 Å². The van der Waals surface area contributed by atoms with Crippen molar-refractivity contribution in [3.05, 3.63) is 11.6 Å². The van der Waals surface area contributed by atoms with E-state index in [1.165, 1.54) is 12.7 Å². The Morgan fingerprint density at radius 3 is 1.66 bits per heavy atom. The van der Waals surface area contributed by atoms with Crippen LogP contribution in [-0.4, -0.2) is 155 Å². The molecule has 4 rings (SSSR count). The number of hydrogen-bond donors (Lipinski definition) is 4. The molecule has 4 aliphatic rings. The van der Waals surface area contributed by atoms with Gasteiger partial charge in [-0.25, -0.2) is 9.59 Å². The maximum atomic E-state index is 13.8. The van der Waals surface area contributed by atoms with Crippen LogP contribution in [0.1, 0.15) is 137 Å². The van der Waals surface area contributed by atoms with Crippen molar-refractivity contribution in [2.24, 2.45) is 17.3 Å². The third-order valence-corrected chi connectivity index (χ3v) is 12.2. The van der Waals surface area contributed by atoms with Crippen LogP contribution in [0.4, 0.5) is 0 Å². The fraction of sp³-hybridized carbons (Fsp3) is 0.915. The van der Waals surface area contributed by atoms with Gasteiger partial charge in [0.2, 0.25) is 0 Å². The molecule has 15 heteroatoms. The Kier molecular flexibility index (Phi) is 21.0. The first-order valence-corrected chi connectivity index (χ1v) is 22.8. The lowest BCUT2D eigenvalue weighted by Gasteiger charge is -2.49. The van der Waals surface area contributed by atoms with E-state index < -0.39 is 95.4 Å². The molecule has 0 bridgehead atoms. The third-order valence-electron chi connectivity index (χ3n) is 12.2. The molecule has 1 aliphatic carbocycles. The summed E-state index contributed by atoms with van der Waals surface area (Å²) in [6.07, 6.45) is -9.87. The molecule has 364 valence electrons. The molecule has 1 saturated carbocycles. The second-order valence-corrected chi connectivity index (χ2v) is 20.1. The highest BCUT2D eigenvalue weighted by Gasteiger charge is 2.59. The summed E-state index contributed by atoms with van der Waals surface area (Å²) < 4.78 is 53.8. The van der Waals surface area contributed by atoms with Crippen LogP contribution in [0.5, 0.6) is 0 Å². The molecular weight excluding hydrogens is 805 g/mol. The maximum Gasteiger partial charge on any atom is 0.338 e. The molecule has 15 nitrogen and oxygen atoms in total. The highest BCUT2D eigenvalue weighted by Crippen LogP contribution is 2.59. The average Bonchev–Trinajstić information content (AvgIpc) is 3.46. The van der Waals surface area contributed by atoms with E-state index in [0.717, 1.165) is 12.8 Å². The molecule has 3 saturated heterocycles. The highest BCUT2D eigenvalue weighted by atomic mass is 16.6. The lowest BCUT2D eigenvalue weighted by molar-refractivity contribution is -0.291. The van der Waals surface area contributed by atoms with Crippen LogP contribution in [0.15, 0.2) is 11.6 Å². The minimum atomic E-state index is -1.55. The summed E-state index contributed by atoms with van der Waals surface area (Å²) in [5.41, 5.74) is -3.10. The van der Waals surface area contributed by atoms with Crippen LogP contribution in [-0.2, 0) is 52.2 Å². The number of rotatable bonds is 17. The Morgan fingerprint density at radius 1 is 0.726 bits per heavy atom. The molecule has 0 aromatic rings. The lowest BCUT2D eigenvalue weighted by Crippen LogP contribution is -2.67. The Bertz CT molecular complexity index is 1410. The van der Waals surface area contributed by atoms with Gasteiger partial charge in [0.1, 0.15) is 55.4 Å². The zero-order chi connectivity index (χ0) is 47.8. The van der Waals surface area contributed by atoms with Crippen LogP contribution in [0, 0.1) is 17.3 Å². The van der Waals surface area contributed by atoms with Gasteiger partial charge in [0.15, 0.2) is 12.2 Å². The number of ether oxygens (including phenoxy) is 9.